The molecule has 0 aromatic rings. The van der Waals surface area contributed by atoms with Gasteiger partial charge in [-0.05, 0) is 33.5 Å². The Kier molecular flexibility index (Phi) is 6.43. The SMILES string of the molecule is CN(C)CCCN(CCC#N)C(=O)C1CCS(=O)(=O)C1. The van der Waals surface area contributed by atoms with E-state index in [1.54, 1.807) is 4.90 Å². The Morgan fingerprint density at radius 1 is 1.30 bits per heavy atom. The molecule has 1 aliphatic rings. The second kappa shape index (κ2) is 7.60. The molecule has 1 saturated heterocycles. The second-order valence-corrected chi connectivity index (χ2v) is 7.72. The first-order chi connectivity index (χ1) is 9.35. The highest BCUT2D eigenvalue weighted by Gasteiger charge is 2.35. The number of amides is 1. The van der Waals surface area contributed by atoms with Gasteiger partial charge in [0, 0.05) is 13.1 Å². The number of hydrogen-bond donors (Lipinski definition) is 0. The lowest BCUT2D eigenvalue weighted by Gasteiger charge is -2.25. The minimum atomic E-state index is -3.05. The van der Waals surface area contributed by atoms with Crippen LogP contribution in [0.15, 0.2) is 0 Å². The lowest BCUT2D eigenvalue weighted by molar-refractivity contribution is -0.134. The lowest BCUT2D eigenvalue weighted by Crippen LogP contribution is -2.38. The number of nitrogens with zero attached hydrogens (tertiary/aromatic N) is 3. The van der Waals surface area contributed by atoms with Crippen molar-refractivity contribution >= 4 is 15.7 Å². The summed E-state index contributed by atoms with van der Waals surface area (Å²) >= 11 is 0. The maximum absolute atomic E-state index is 12.4. The van der Waals surface area contributed by atoms with Crippen LogP contribution in [-0.2, 0) is 14.6 Å². The van der Waals surface area contributed by atoms with E-state index >= 15 is 0 Å². The molecular weight excluding hydrogens is 278 g/mol. The molecule has 0 aliphatic carbocycles. The third kappa shape index (κ3) is 5.47. The third-order valence-corrected chi connectivity index (χ3v) is 5.19. The van der Waals surface area contributed by atoms with Gasteiger partial charge in [-0.2, -0.15) is 5.26 Å². The van der Waals surface area contributed by atoms with Crippen LogP contribution in [0.2, 0.25) is 0 Å². The van der Waals surface area contributed by atoms with E-state index in [9.17, 15) is 13.2 Å². The molecule has 1 rings (SSSR count). The molecule has 0 saturated carbocycles. The van der Waals surface area contributed by atoms with Crippen molar-refractivity contribution in [1.82, 2.24) is 9.80 Å². The van der Waals surface area contributed by atoms with Crippen molar-refractivity contribution in [3.63, 3.8) is 0 Å². The van der Waals surface area contributed by atoms with E-state index in [0.717, 1.165) is 13.0 Å². The predicted molar refractivity (Wildman–Crippen MR) is 76.7 cm³/mol. The minimum absolute atomic E-state index is 0.0391. The molecule has 1 fully saturated rings. The van der Waals surface area contributed by atoms with Gasteiger partial charge in [0.1, 0.15) is 0 Å². The van der Waals surface area contributed by atoms with Crippen LogP contribution in [0.25, 0.3) is 0 Å². The van der Waals surface area contributed by atoms with Crippen LogP contribution in [0.4, 0.5) is 0 Å². The summed E-state index contributed by atoms with van der Waals surface area (Å²) in [5, 5.41) is 8.67. The summed E-state index contributed by atoms with van der Waals surface area (Å²) in [6.45, 7) is 1.83. The largest absolute Gasteiger partial charge is 0.341 e. The summed E-state index contributed by atoms with van der Waals surface area (Å²) in [5.41, 5.74) is 0. The van der Waals surface area contributed by atoms with Gasteiger partial charge in [-0.15, -0.1) is 0 Å². The van der Waals surface area contributed by atoms with E-state index in [0.29, 0.717) is 19.5 Å². The molecule has 0 spiro atoms. The molecule has 1 heterocycles. The summed E-state index contributed by atoms with van der Waals surface area (Å²) in [6, 6.07) is 2.04. The topological polar surface area (TPSA) is 81.5 Å². The molecule has 0 aromatic carbocycles. The van der Waals surface area contributed by atoms with Crippen molar-refractivity contribution in [2.24, 2.45) is 5.92 Å². The van der Waals surface area contributed by atoms with Gasteiger partial charge in [-0.1, -0.05) is 0 Å². The van der Waals surface area contributed by atoms with Crippen LogP contribution in [0.3, 0.4) is 0 Å². The molecule has 1 amide bonds. The Morgan fingerprint density at radius 3 is 2.50 bits per heavy atom. The minimum Gasteiger partial charge on any atom is -0.341 e. The fraction of sp³-hybridized carbons (Fsp3) is 0.846. The van der Waals surface area contributed by atoms with E-state index in [1.165, 1.54) is 0 Å². The van der Waals surface area contributed by atoms with Crippen molar-refractivity contribution in [2.75, 3.05) is 45.2 Å². The number of carbonyl (C=O) groups excluding carboxylic acids is 1. The Balaban J connectivity index is 2.58. The first-order valence-electron chi connectivity index (χ1n) is 6.86. The Morgan fingerprint density at radius 2 is 2.00 bits per heavy atom. The average molecular weight is 301 g/mol. The summed E-state index contributed by atoms with van der Waals surface area (Å²) < 4.78 is 22.9. The van der Waals surface area contributed by atoms with E-state index in [-0.39, 0.29) is 23.8 Å². The van der Waals surface area contributed by atoms with Crippen molar-refractivity contribution in [3.05, 3.63) is 0 Å². The Hall–Kier alpha value is -1.13. The van der Waals surface area contributed by atoms with E-state index in [1.807, 2.05) is 25.1 Å². The molecule has 0 bridgehead atoms. The number of rotatable bonds is 7. The molecular formula is C13H23N3O3S. The van der Waals surface area contributed by atoms with Gasteiger partial charge < -0.3 is 9.80 Å². The molecule has 1 unspecified atom stereocenters. The highest BCUT2D eigenvalue weighted by atomic mass is 32.2. The highest BCUT2D eigenvalue weighted by Crippen LogP contribution is 2.21. The zero-order valence-corrected chi connectivity index (χ0v) is 13.0. The number of nitriles is 1. The normalized spacial score (nSPS) is 20.8. The molecule has 0 radical (unpaired) electrons. The molecule has 0 aromatic heterocycles. The smallest absolute Gasteiger partial charge is 0.226 e. The lowest BCUT2D eigenvalue weighted by atomic mass is 10.1. The Bertz CT molecular complexity index is 468. The van der Waals surface area contributed by atoms with Crippen LogP contribution in [-0.4, -0.2) is 69.4 Å². The van der Waals surface area contributed by atoms with Gasteiger partial charge in [-0.3, -0.25) is 4.79 Å². The summed E-state index contributed by atoms with van der Waals surface area (Å²) in [5.74, 6) is -0.464. The molecule has 1 atom stereocenters. The predicted octanol–water partition coefficient (Wildman–Crippen LogP) is 0.115. The van der Waals surface area contributed by atoms with Crippen LogP contribution >= 0.6 is 0 Å². The third-order valence-electron chi connectivity index (χ3n) is 3.42. The van der Waals surface area contributed by atoms with Gasteiger partial charge in [0.2, 0.25) is 5.91 Å². The fourth-order valence-electron chi connectivity index (χ4n) is 2.34. The molecule has 114 valence electrons. The molecule has 6 nitrogen and oxygen atoms in total. The first-order valence-corrected chi connectivity index (χ1v) is 8.69. The maximum atomic E-state index is 12.4. The highest BCUT2D eigenvalue weighted by molar-refractivity contribution is 7.91. The molecule has 0 N–H and O–H groups in total. The zero-order chi connectivity index (χ0) is 15.2. The zero-order valence-electron chi connectivity index (χ0n) is 12.2. The van der Waals surface area contributed by atoms with Gasteiger partial charge in [-0.25, -0.2) is 8.42 Å². The summed E-state index contributed by atoms with van der Waals surface area (Å²) in [6.07, 6.45) is 1.52. The first kappa shape index (κ1) is 16.9. The average Bonchev–Trinajstić information content (AvgIpc) is 2.72. The molecule has 7 heteroatoms. The van der Waals surface area contributed by atoms with Crippen molar-refractivity contribution in [2.45, 2.75) is 19.3 Å². The fourth-order valence-corrected chi connectivity index (χ4v) is 4.08. The second-order valence-electron chi connectivity index (χ2n) is 5.49. The van der Waals surface area contributed by atoms with Crippen LogP contribution < -0.4 is 0 Å². The standard InChI is InChI=1S/C13H23N3O3S/c1-15(2)7-4-9-16(8-3-6-14)13(17)12-5-10-20(18,19)11-12/h12H,3-5,7-11H2,1-2H3. The van der Waals surface area contributed by atoms with E-state index in [4.69, 9.17) is 5.26 Å². The van der Waals surface area contributed by atoms with E-state index < -0.39 is 15.8 Å². The maximum Gasteiger partial charge on any atom is 0.226 e. The quantitative estimate of drug-likeness (QED) is 0.667. The van der Waals surface area contributed by atoms with Crippen LogP contribution in [0.1, 0.15) is 19.3 Å². The molecule has 1 aliphatic heterocycles. The van der Waals surface area contributed by atoms with Crippen molar-refractivity contribution in [1.29, 1.82) is 5.26 Å². The van der Waals surface area contributed by atoms with Gasteiger partial charge >= 0.3 is 0 Å². The number of sulfone groups is 1. The number of carbonyl (C=O) groups is 1. The van der Waals surface area contributed by atoms with Crippen molar-refractivity contribution < 1.29 is 13.2 Å². The van der Waals surface area contributed by atoms with Crippen molar-refractivity contribution in [3.8, 4) is 6.07 Å². The van der Waals surface area contributed by atoms with Gasteiger partial charge in [0.25, 0.3) is 0 Å². The molecule has 20 heavy (non-hydrogen) atoms. The van der Waals surface area contributed by atoms with Crippen LogP contribution in [0.5, 0.6) is 0 Å². The monoisotopic (exact) mass is 301 g/mol. The summed E-state index contributed by atoms with van der Waals surface area (Å²) in [4.78, 5) is 16.0. The van der Waals surface area contributed by atoms with Gasteiger partial charge in [0.05, 0.1) is 29.9 Å². The summed E-state index contributed by atoms with van der Waals surface area (Å²) in [7, 11) is 0.877. The van der Waals surface area contributed by atoms with Crippen LogP contribution in [0, 0.1) is 17.2 Å². The van der Waals surface area contributed by atoms with E-state index in [2.05, 4.69) is 0 Å². The Labute approximate surface area is 121 Å². The number of hydrogen-bond acceptors (Lipinski definition) is 5. The van der Waals surface area contributed by atoms with Gasteiger partial charge in [0.15, 0.2) is 9.84 Å².